The molecule has 0 radical (unpaired) electrons. The second-order valence-electron chi connectivity index (χ2n) is 13.7. The van der Waals surface area contributed by atoms with Crippen LogP contribution in [-0.4, -0.2) is 9.13 Å². The number of nitrogens with zero attached hydrogens (tertiary/aromatic N) is 2. The van der Waals surface area contributed by atoms with Gasteiger partial charge in [0.05, 0.1) is 22.1 Å². The second kappa shape index (κ2) is 14.2. The van der Waals surface area contributed by atoms with Gasteiger partial charge in [-0.05, 0) is 121 Å². The average molecular weight is 783 g/mol. The van der Waals surface area contributed by atoms with E-state index >= 15 is 0 Å². The fourth-order valence-corrected chi connectivity index (χ4v) is 8.43. The molecule has 250 valence electrons. The summed E-state index contributed by atoms with van der Waals surface area (Å²) in [5.74, 6) is 0. The summed E-state index contributed by atoms with van der Waals surface area (Å²) in [7, 11) is 0. The molecule has 0 fully saturated rings. The monoisotopic (exact) mass is 780 g/mol. The van der Waals surface area contributed by atoms with Crippen LogP contribution in [0.4, 0.5) is 0 Å². The number of benzene rings is 6. The third kappa shape index (κ3) is 6.22. The quantitative estimate of drug-likeness (QED) is 0.116. The molecule has 8 aromatic rings. The summed E-state index contributed by atoms with van der Waals surface area (Å²) in [4.78, 5) is 0. The van der Waals surface area contributed by atoms with Gasteiger partial charge < -0.3 is 9.13 Å². The van der Waals surface area contributed by atoms with Crippen LogP contribution in [0.3, 0.4) is 0 Å². The molecular formula is C46H42Br2N2. The third-order valence-electron chi connectivity index (χ3n) is 10.3. The molecule has 0 atom stereocenters. The molecule has 50 heavy (non-hydrogen) atoms. The zero-order chi connectivity index (χ0) is 34.2. The van der Waals surface area contributed by atoms with Gasteiger partial charge in [0.25, 0.3) is 0 Å². The van der Waals surface area contributed by atoms with Crippen molar-refractivity contribution in [1.82, 2.24) is 9.13 Å². The van der Waals surface area contributed by atoms with Crippen LogP contribution in [-0.2, 0) is 12.8 Å². The molecule has 0 bridgehead atoms. The van der Waals surface area contributed by atoms with Crippen LogP contribution in [0, 0.1) is 0 Å². The number of aromatic nitrogens is 2. The zero-order valence-corrected chi connectivity index (χ0v) is 32.0. The molecule has 4 heteroatoms. The normalized spacial score (nSPS) is 11.8. The molecule has 2 aromatic heterocycles. The predicted octanol–water partition coefficient (Wildman–Crippen LogP) is 14.5. The van der Waals surface area contributed by atoms with Crippen LogP contribution in [0.15, 0.2) is 130 Å². The molecule has 0 aliphatic carbocycles. The molecular weight excluding hydrogens is 740 g/mol. The second-order valence-corrected chi connectivity index (χ2v) is 15.5. The fraction of sp³-hybridized carbons (Fsp3) is 0.217. The van der Waals surface area contributed by atoms with Crippen molar-refractivity contribution in [3.05, 3.63) is 141 Å². The molecule has 0 saturated carbocycles. The molecule has 0 saturated heterocycles. The Morgan fingerprint density at radius 1 is 0.400 bits per heavy atom. The Kier molecular flexibility index (Phi) is 9.42. The Bertz CT molecular complexity index is 2290. The minimum absolute atomic E-state index is 1.11. The van der Waals surface area contributed by atoms with Crippen LogP contribution in [0.25, 0.3) is 66.1 Å². The van der Waals surface area contributed by atoms with Crippen LogP contribution in [0.2, 0.25) is 0 Å². The van der Waals surface area contributed by atoms with E-state index in [0.29, 0.717) is 0 Å². The van der Waals surface area contributed by atoms with Crippen molar-refractivity contribution in [3.63, 3.8) is 0 Å². The Balaban J connectivity index is 1.15. The summed E-state index contributed by atoms with van der Waals surface area (Å²) >= 11 is 7.44. The number of hydrogen-bond donors (Lipinski definition) is 0. The maximum absolute atomic E-state index is 3.72. The van der Waals surface area contributed by atoms with Gasteiger partial charge >= 0.3 is 0 Å². The lowest BCUT2D eigenvalue weighted by atomic mass is 10.0. The summed E-state index contributed by atoms with van der Waals surface area (Å²) in [5.41, 5.74) is 12.6. The lowest BCUT2D eigenvalue weighted by Gasteiger charge is -2.12. The Hall–Kier alpha value is -4.12. The summed E-state index contributed by atoms with van der Waals surface area (Å²) in [6, 6.07) is 45.6. The number of aryl methyl sites for hydroxylation is 2. The minimum Gasteiger partial charge on any atom is -0.309 e. The molecule has 0 unspecified atom stereocenters. The largest absolute Gasteiger partial charge is 0.309 e. The van der Waals surface area contributed by atoms with Crippen LogP contribution < -0.4 is 0 Å². The van der Waals surface area contributed by atoms with Gasteiger partial charge in [0.2, 0.25) is 0 Å². The van der Waals surface area contributed by atoms with E-state index < -0.39 is 0 Å². The first-order chi connectivity index (χ1) is 24.5. The highest BCUT2D eigenvalue weighted by molar-refractivity contribution is 9.10. The van der Waals surface area contributed by atoms with Gasteiger partial charge in [-0.25, -0.2) is 0 Å². The zero-order valence-electron chi connectivity index (χ0n) is 28.9. The van der Waals surface area contributed by atoms with E-state index in [4.69, 9.17) is 0 Å². The van der Waals surface area contributed by atoms with E-state index in [0.717, 1.165) is 21.8 Å². The van der Waals surface area contributed by atoms with Crippen molar-refractivity contribution in [2.75, 3.05) is 0 Å². The van der Waals surface area contributed by atoms with Gasteiger partial charge in [-0.2, -0.15) is 0 Å². The first-order valence-corrected chi connectivity index (χ1v) is 19.8. The van der Waals surface area contributed by atoms with Gasteiger partial charge in [0, 0.05) is 41.9 Å². The van der Waals surface area contributed by atoms with Gasteiger partial charge in [0.15, 0.2) is 0 Å². The number of unbranched alkanes of at least 4 members (excludes halogenated alkanes) is 4. The van der Waals surface area contributed by atoms with Crippen LogP contribution >= 0.6 is 31.9 Å². The minimum atomic E-state index is 1.11. The number of halogens is 2. The first kappa shape index (κ1) is 33.0. The van der Waals surface area contributed by atoms with Crippen molar-refractivity contribution >= 4 is 75.5 Å². The molecule has 0 amide bonds. The molecule has 0 aliphatic rings. The Morgan fingerprint density at radius 3 is 1.22 bits per heavy atom. The van der Waals surface area contributed by atoms with E-state index in [1.807, 2.05) is 0 Å². The first-order valence-electron chi connectivity index (χ1n) is 18.2. The van der Waals surface area contributed by atoms with E-state index in [1.54, 1.807) is 0 Å². The van der Waals surface area contributed by atoms with Gasteiger partial charge in [-0.15, -0.1) is 0 Å². The SMILES string of the molecule is CCCCCc1ccc2c3cc(Br)ccc3n(-c3ccc(-c4ccc(-n5c6ccc(Br)cc6c6ccc(CCCCC)cc65)cc4)cc3)c2c1. The van der Waals surface area contributed by atoms with Gasteiger partial charge in [-0.1, -0.05) is 120 Å². The third-order valence-corrected chi connectivity index (χ3v) is 11.3. The van der Waals surface area contributed by atoms with Crippen LogP contribution in [0.5, 0.6) is 0 Å². The molecule has 0 aliphatic heterocycles. The molecule has 2 heterocycles. The summed E-state index contributed by atoms with van der Waals surface area (Å²) < 4.78 is 7.08. The topological polar surface area (TPSA) is 9.86 Å². The lowest BCUT2D eigenvalue weighted by Crippen LogP contribution is -1.96. The molecule has 2 nitrogen and oxygen atoms in total. The predicted molar refractivity (Wildman–Crippen MR) is 222 cm³/mol. The van der Waals surface area contributed by atoms with E-state index in [1.165, 1.54) is 116 Å². The highest BCUT2D eigenvalue weighted by Gasteiger charge is 2.16. The van der Waals surface area contributed by atoms with Crippen molar-refractivity contribution in [2.24, 2.45) is 0 Å². The van der Waals surface area contributed by atoms with E-state index in [9.17, 15) is 0 Å². The average Bonchev–Trinajstić information content (AvgIpc) is 3.63. The van der Waals surface area contributed by atoms with Gasteiger partial charge in [0.1, 0.15) is 0 Å². The number of fused-ring (bicyclic) bond motifs is 6. The Morgan fingerprint density at radius 2 is 0.820 bits per heavy atom. The lowest BCUT2D eigenvalue weighted by molar-refractivity contribution is 0.718. The van der Waals surface area contributed by atoms with Crippen molar-refractivity contribution in [3.8, 4) is 22.5 Å². The maximum atomic E-state index is 3.72. The smallest absolute Gasteiger partial charge is 0.0543 e. The fourth-order valence-electron chi connectivity index (χ4n) is 7.71. The standard InChI is InChI=1S/C46H42Br2N2/c1-3-5-7-9-31-11-23-39-41-29-35(47)17-25-43(41)49(45(39)27-31)37-19-13-33(14-20-37)34-15-21-38(22-16-34)50-44-26-18-36(48)30-42(44)40-24-12-32(28-46(40)50)10-8-6-4-2/h11-30H,3-10H2,1-2H3. The van der Waals surface area contributed by atoms with E-state index in [2.05, 4.69) is 176 Å². The molecule has 6 aromatic carbocycles. The number of hydrogen-bond acceptors (Lipinski definition) is 0. The molecule has 0 N–H and O–H groups in total. The molecule has 0 spiro atoms. The summed E-state index contributed by atoms with van der Waals surface area (Å²) in [6.45, 7) is 4.54. The van der Waals surface area contributed by atoms with Crippen molar-refractivity contribution < 1.29 is 0 Å². The summed E-state index contributed by atoms with van der Waals surface area (Å²) in [6.07, 6.45) is 9.73. The van der Waals surface area contributed by atoms with Crippen LogP contribution in [0.1, 0.15) is 63.5 Å². The highest BCUT2D eigenvalue weighted by Crippen LogP contribution is 2.37. The summed E-state index contributed by atoms with van der Waals surface area (Å²) in [5, 5.41) is 5.15. The highest BCUT2D eigenvalue weighted by atomic mass is 79.9. The molecule has 8 rings (SSSR count). The maximum Gasteiger partial charge on any atom is 0.0543 e. The Labute approximate surface area is 312 Å². The van der Waals surface area contributed by atoms with E-state index in [-0.39, 0.29) is 0 Å². The van der Waals surface area contributed by atoms with Crippen molar-refractivity contribution in [2.45, 2.75) is 65.2 Å². The van der Waals surface area contributed by atoms with Gasteiger partial charge in [-0.3, -0.25) is 0 Å². The number of rotatable bonds is 11. The van der Waals surface area contributed by atoms with Crippen molar-refractivity contribution in [1.29, 1.82) is 0 Å².